The molecule has 4 fully saturated rings. The Morgan fingerprint density at radius 3 is 2.59 bits per heavy atom. The van der Waals surface area contributed by atoms with Gasteiger partial charge in [0.25, 0.3) is 5.09 Å². The lowest BCUT2D eigenvalue weighted by Gasteiger charge is -2.39. The summed E-state index contributed by atoms with van der Waals surface area (Å²) in [6.07, 6.45) is 9.19. The molecule has 90 valence electrons. The quantitative estimate of drug-likeness (QED) is 0.535. The summed E-state index contributed by atoms with van der Waals surface area (Å²) in [5.41, 5.74) is 0. The van der Waals surface area contributed by atoms with Gasteiger partial charge in [0.2, 0.25) is 0 Å². The van der Waals surface area contributed by atoms with Crippen molar-refractivity contribution in [1.82, 2.24) is 0 Å². The highest BCUT2D eigenvalue weighted by Crippen LogP contribution is 2.59. The second-order valence-corrected chi connectivity index (χ2v) is 5.35. The van der Waals surface area contributed by atoms with Gasteiger partial charge < -0.3 is 9.57 Å². The van der Waals surface area contributed by atoms with E-state index in [-0.39, 0.29) is 30.1 Å². The molecule has 2 saturated heterocycles. The Hall–Kier alpha value is -1.36. The van der Waals surface area contributed by atoms with Crippen LogP contribution in [0.5, 0.6) is 0 Å². The first-order valence-electron chi connectivity index (χ1n) is 6.07. The van der Waals surface area contributed by atoms with Crippen molar-refractivity contribution in [3.63, 3.8) is 0 Å². The van der Waals surface area contributed by atoms with Gasteiger partial charge in [-0.15, -0.1) is 10.1 Å². The highest BCUT2D eigenvalue weighted by atomic mass is 17.0. The van der Waals surface area contributed by atoms with Crippen molar-refractivity contribution in [2.75, 3.05) is 0 Å². The number of ether oxygens (including phenoxy) is 1. The fourth-order valence-corrected chi connectivity index (χ4v) is 4.23. The summed E-state index contributed by atoms with van der Waals surface area (Å²) in [7, 11) is 0. The van der Waals surface area contributed by atoms with E-state index in [2.05, 4.69) is 18.2 Å². The molecular weight excluding hydrogens is 222 g/mol. The van der Waals surface area contributed by atoms with E-state index in [1.165, 1.54) is 0 Å². The van der Waals surface area contributed by atoms with Crippen molar-refractivity contribution in [2.45, 2.75) is 24.7 Å². The highest BCUT2D eigenvalue weighted by molar-refractivity contribution is 5.24. The Kier molecular flexibility index (Phi) is 1.76. The Morgan fingerprint density at radius 1 is 1.18 bits per heavy atom. The van der Waals surface area contributed by atoms with Gasteiger partial charge in [-0.25, -0.2) is 0 Å². The molecule has 0 amide bonds. The third-order valence-corrected chi connectivity index (χ3v) is 4.76. The monoisotopic (exact) mass is 235 g/mol. The summed E-state index contributed by atoms with van der Waals surface area (Å²) in [5.74, 6) is 1.34. The minimum Gasteiger partial charge on any atom is -0.371 e. The maximum absolute atomic E-state index is 10.6. The fourth-order valence-electron chi connectivity index (χ4n) is 4.23. The Balaban J connectivity index is 1.72. The third-order valence-electron chi connectivity index (χ3n) is 4.76. The van der Waals surface area contributed by atoms with Crippen LogP contribution >= 0.6 is 0 Å². The lowest BCUT2D eigenvalue weighted by Crippen LogP contribution is -2.45. The molecule has 5 aliphatic rings. The van der Waals surface area contributed by atoms with Crippen LogP contribution in [0.15, 0.2) is 24.3 Å². The molecule has 7 atom stereocenters. The largest absolute Gasteiger partial charge is 0.371 e. The van der Waals surface area contributed by atoms with E-state index in [4.69, 9.17) is 9.57 Å². The molecule has 2 saturated carbocycles. The minimum atomic E-state index is -0.667. The number of hydrogen-bond acceptors (Lipinski definition) is 4. The number of allylic oxidation sites excluding steroid dienone is 2. The van der Waals surface area contributed by atoms with Crippen LogP contribution in [0.25, 0.3) is 0 Å². The first-order valence-corrected chi connectivity index (χ1v) is 6.07. The molecule has 5 heteroatoms. The standard InChI is InChI=1S/C12H13NO4/c14-13(15)17-12-9-5-8-6-3-1-2-4-7(9)10(6)16-11(8)12/h1-4,6-12H,5H2/t6-,7+,8-,9+,10+,11+,12?/m1/s1. The molecule has 2 aliphatic heterocycles. The van der Waals surface area contributed by atoms with Crippen LogP contribution in [0.3, 0.4) is 0 Å². The van der Waals surface area contributed by atoms with Crippen molar-refractivity contribution in [3.05, 3.63) is 34.4 Å². The molecule has 2 heterocycles. The second kappa shape index (κ2) is 3.10. The van der Waals surface area contributed by atoms with Gasteiger partial charge in [-0.3, -0.25) is 0 Å². The zero-order valence-electron chi connectivity index (χ0n) is 9.14. The minimum absolute atomic E-state index is 0.0761. The van der Waals surface area contributed by atoms with E-state index in [9.17, 15) is 10.1 Å². The maximum Gasteiger partial charge on any atom is 0.294 e. The Labute approximate surface area is 98.2 Å². The van der Waals surface area contributed by atoms with Gasteiger partial charge in [0.05, 0.1) is 12.2 Å². The number of nitrogens with zero attached hydrogens (tertiary/aromatic N) is 1. The maximum atomic E-state index is 10.6. The highest BCUT2D eigenvalue weighted by Gasteiger charge is 2.64. The van der Waals surface area contributed by atoms with E-state index in [0.29, 0.717) is 11.8 Å². The predicted octanol–water partition coefficient (Wildman–Crippen LogP) is 1.34. The molecular formula is C12H13NO4. The molecule has 0 aromatic rings. The average Bonchev–Trinajstić information content (AvgIpc) is 2.63. The fraction of sp³-hybridized carbons (Fsp3) is 0.667. The lowest BCUT2D eigenvalue weighted by atomic mass is 9.72. The van der Waals surface area contributed by atoms with Crippen LogP contribution in [-0.4, -0.2) is 23.4 Å². The first-order chi connectivity index (χ1) is 8.25. The molecule has 6 bridgehead atoms. The molecule has 0 radical (unpaired) electrons. The molecule has 3 aliphatic carbocycles. The van der Waals surface area contributed by atoms with Crippen LogP contribution < -0.4 is 0 Å². The Morgan fingerprint density at radius 2 is 1.88 bits per heavy atom. The SMILES string of the molecule is O=[N+]([O-])OC1[C@H]2C[C@@H]3[C@H]4C=CC=C[C@@H]2[C@H]4O[C@H]13. The van der Waals surface area contributed by atoms with Crippen molar-refractivity contribution in [1.29, 1.82) is 0 Å². The van der Waals surface area contributed by atoms with E-state index < -0.39 is 5.09 Å². The third kappa shape index (κ3) is 1.12. The lowest BCUT2D eigenvalue weighted by molar-refractivity contribution is -0.773. The zero-order chi connectivity index (χ0) is 11.6. The molecule has 1 unspecified atom stereocenters. The van der Waals surface area contributed by atoms with Crippen molar-refractivity contribution < 1.29 is 14.7 Å². The van der Waals surface area contributed by atoms with E-state index in [1.807, 2.05) is 6.08 Å². The molecule has 0 aromatic heterocycles. The molecule has 0 N–H and O–H groups in total. The van der Waals surface area contributed by atoms with E-state index in [1.54, 1.807) is 0 Å². The van der Waals surface area contributed by atoms with Crippen molar-refractivity contribution >= 4 is 0 Å². The van der Waals surface area contributed by atoms with Gasteiger partial charge in [0, 0.05) is 11.8 Å². The van der Waals surface area contributed by atoms with Gasteiger partial charge in [-0.1, -0.05) is 24.3 Å². The molecule has 0 spiro atoms. The normalized spacial score (nSPS) is 52.8. The summed E-state index contributed by atoms with van der Waals surface area (Å²) in [6.45, 7) is 0. The topological polar surface area (TPSA) is 61.6 Å². The summed E-state index contributed by atoms with van der Waals surface area (Å²) in [5, 5.41) is 9.90. The summed E-state index contributed by atoms with van der Waals surface area (Å²) in [4.78, 5) is 15.4. The van der Waals surface area contributed by atoms with Crippen molar-refractivity contribution in [3.8, 4) is 0 Å². The zero-order valence-corrected chi connectivity index (χ0v) is 9.14. The summed E-state index contributed by atoms with van der Waals surface area (Å²) >= 11 is 0. The van der Waals surface area contributed by atoms with Gasteiger partial charge in [0.15, 0.2) is 0 Å². The molecule has 0 aromatic carbocycles. The number of hydrogen-bond donors (Lipinski definition) is 0. The predicted molar refractivity (Wildman–Crippen MR) is 57.4 cm³/mol. The van der Waals surface area contributed by atoms with Gasteiger partial charge >= 0.3 is 0 Å². The summed E-state index contributed by atoms with van der Waals surface area (Å²) in [6, 6.07) is 0. The van der Waals surface area contributed by atoms with Crippen molar-refractivity contribution in [2.24, 2.45) is 23.7 Å². The van der Waals surface area contributed by atoms with E-state index in [0.717, 1.165) is 6.42 Å². The smallest absolute Gasteiger partial charge is 0.294 e. The first kappa shape index (κ1) is 9.65. The average molecular weight is 235 g/mol. The van der Waals surface area contributed by atoms with Gasteiger partial charge in [-0.05, 0) is 18.3 Å². The van der Waals surface area contributed by atoms with Crippen LogP contribution in [0.1, 0.15) is 6.42 Å². The summed E-state index contributed by atoms with van der Waals surface area (Å²) < 4.78 is 5.98. The molecule has 17 heavy (non-hydrogen) atoms. The number of rotatable bonds is 2. The van der Waals surface area contributed by atoms with Crippen LogP contribution in [0.4, 0.5) is 0 Å². The van der Waals surface area contributed by atoms with Gasteiger partial charge in [0.1, 0.15) is 6.10 Å². The molecule has 5 rings (SSSR count). The van der Waals surface area contributed by atoms with E-state index >= 15 is 0 Å². The molecule has 5 nitrogen and oxygen atoms in total. The van der Waals surface area contributed by atoms with Crippen LogP contribution in [0.2, 0.25) is 0 Å². The second-order valence-electron chi connectivity index (χ2n) is 5.35. The van der Waals surface area contributed by atoms with Gasteiger partial charge in [-0.2, -0.15) is 0 Å². The van der Waals surface area contributed by atoms with Crippen LogP contribution in [-0.2, 0) is 9.57 Å². The van der Waals surface area contributed by atoms with Crippen LogP contribution in [0, 0.1) is 33.8 Å². The Bertz CT molecular complexity index is 432.